The van der Waals surface area contributed by atoms with Gasteiger partial charge < -0.3 is 4.90 Å². The zero-order valence-corrected chi connectivity index (χ0v) is 8.63. The summed E-state index contributed by atoms with van der Waals surface area (Å²) in [5, 5.41) is 0. The summed E-state index contributed by atoms with van der Waals surface area (Å²) < 4.78 is 0. The number of hydrogen-bond donors (Lipinski definition) is 0. The van der Waals surface area contributed by atoms with Crippen LogP contribution in [0.1, 0.15) is 12.1 Å². The molecule has 0 aliphatic carbocycles. The van der Waals surface area contributed by atoms with Crippen LogP contribution in [0.4, 0.5) is 0 Å². The molecule has 1 fully saturated rings. The molecule has 4 heteroatoms. The highest BCUT2D eigenvalue weighted by atomic mass is 16.2. The lowest BCUT2D eigenvalue weighted by Crippen LogP contribution is -2.24. The lowest BCUT2D eigenvalue weighted by atomic mass is 10.2. The highest BCUT2D eigenvalue weighted by Crippen LogP contribution is 2.11. The average molecular weight is 203 g/mol. The van der Waals surface area contributed by atoms with Crippen LogP contribution in [0.3, 0.4) is 0 Å². The van der Waals surface area contributed by atoms with Crippen LogP contribution in [0.5, 0.6) is 0 Å². The Kier molecular flexibility index (Phi) is 2.76. The molecule has 1 aliphatic heterocycles. The van der Waals surface area contributed by atoms with Gasteiger partial charge in [-0.1, -0.05) is 6.07 Å². The molecule has 15 heavy (non-hydrogen) atoms. The van der Waals surface area contributed by atoms with Gasteiger partial charge in [-0.3, -0.25) is 14.8 Å². The number of pyridine rings is 1. The monoisotopic (exact) mass is 203 g/mol. The van der Waals surface area contributed by atoms with Gasteiger partial charge in [0.1, 0.15) is 6.04 Å². The molecule has 0 saturated carbocycles. The molecule has 0 aromatic carbocycles. The SMILES string of the molecule is CN1CCC(N=Cc2ccccn2)C1=O. The van der Waals surface area contributed by atoms with Crippen LogP contribution in [-0.2, 0) is 4.79 Å². The van der Waals surface area contributed by atoms with E-state index in [0.717, 1.165) is 18.7 Å². The zero-order chi connectivity index (χ0) is 10.7. The molecule has 2 rings (SSSR count). The molecule has 1 aromatic heterocycles. The molecule has 2 heterocycles. The van der Waals surface area contributed by atoms with Crippen LogP contribution < -0.4 is 0 Å². The van der Waals surface area contributed by atoms with E-state index >= 15 is 0 Å². The molecule has 0 radical (unpaired) electrons. The topological polar surface area (TPSA) is 45.6 Å². The molecule has 1 aromatic rings. The molecule has 0 bridgehead atoms. The smallest absolute Gasteiger partial charge is 0.247 e. The minimum atomic E-state index is -0.211. The average Bonchev–Trinajstić information content (AvgIpc) is 2.59. The largest absolute Gasteiger partial charge is 0.344 e. The van der Waals surface area contributed by atoms with Crippen molar-refractivity contribution in [2.45, 2.75) is 12.5 Å². The number of hydrogen-bond acceptors (Lipinski definition) is 3. The Hall–Kier alpha value is -1.71. The molecule has 78 valence electrons. The fraction of sp³-hybridized carbons (Fsp3) is 0.364. The van der Waals surface area contributed by atoms with Crippen molar-refractivity contribution in [3.05, 3.63) is 30.1 Å². The number of rotatable bonds is 2. The maximum atomic E-state index is 11.5. The standard InChI is InChI=1S/C11H13N3O/c1-14-7-5-10(11(14)15)13-8-9-4-2-3-6-12-9/h2-4,6,8,10H,5,7H2,1H3. The van der Waals surface area contributed by atoms with Gasteiger partial charge in [-0.15, -0.1) is 0 Å². The van der Waals surface area contributed by atoms with Crippen molar-refractivity contribution in [3.63, 3.8) is 0 Å². The first kappa shape index (κ1) is 9.83. The second kappa shape index (κ2) is 4.21. The van der Waals surface area contributed by atoms with Gasteiger partial charge in [0.25, 0.3) is 0 Å². The summed E-state index contributed by atoms with van der Waals surface area (Å²) in [6.45, 7) is 0.795. The molecule has 1 unspecified atom stereocenters. The quantitative estimate of drug-likeness (QED) is 0.665. The number of nitrogens with zero attached hydrogens (tertiary/aromatic N) is 3. The third-order valence-electron chi connectivity index (χ3n) is 2.47. The fourth-order valence-electron chi connectivity index (χ4n) is 1.56. The lowest BCUT2D eigenvalue weighted by molar-refractivity contribution is -0.127. The third-order valence-corrected chi connectivity index (χ3v) is 2.47. The van der Waals surface area contributed by atoms with E-state index in [2.05, 4.69) is 9.98 Å². The van der Waals surface area contributed by atoms with E-state index < -0.39 is 0 Å². The van der Waals surface area contributed by atoms with Gasteiger partial charge in [0.2, 0.25) is 5.91 Å². The summed E-state index contributed by atoms with van der Waals surface area (Å²) in [6, 6.07) is 5.41. The van der Waals surface area contributed by atoms with Gasteiger partial charge in [0, 0.05) is 26.0 Å². The van der Waals surface area contributed by atoms with E-state index in [1.807, 2.05) is 18.2 Å². The Bertz CT molecular complexity index is 375. The number of likely N-dealkylation sites (tertiary alicyclic amines) is 1. The number of aromatic nitrogens is 1. The summed E-state index contributed by atoms with van der Waals surface area (Å²) in [5.74, 6) is 0.0992. The second-order valence-corrected chi connectivity index (χ2v) is 3.60. The predicted molar refractivity (Wildman–Crippen MR) is 57.9 cm³/mol. The summed E-state index contributed by atoms with van der Waals surface area (Å²) in [7, 11) is 1.80. The predicted octanol–water partition coefficient (Wildman–Crippen LogP) is 0.731. The highest BCUT2D eigenvalue weighted by Gasteiger charge is 2.27. The van der Waals surface area contributed by atoms with Gasteiger partial charge in [0.15, 0.2) is 0 Å². The molecular weight excluding hydrogens is 190 g/mol. The minimum absolute atomic E-state index is 0.0992. The number of amides is 1. The Morgan fingerprint density at radius 2 is 2.47 bits per heavy atom. The summed E-state index contributed by atoms with van der Waals surface area (Å²) in [4.78, 5) is 21.6. The minimum Gasteiger partial charge on any atom is -0.344 e. The van der Waals surface area contributed by atoms with Crippen LogP contribution >= 0.6 is 0 Å². The number of carbonyl (C=O) groups excluding carboxylic acids is 1. The van der Waals surface area contributed by atoms with Crippen LogP contribution in [0.2, 0.25) is 0 Å². The zero-order valence-electron chi connectivity index (χ0n) is 8.63. The van der Waals surface area contributed by atoms with E-state index in [-0.39, 0.29) is 11.9 Å². The van der Waals surface area contributed by atoms with E-state index in [1.165, 1.54) is 0 Å². The van der Waals surface area contributed by atoms with Crippen LogP contribution in [0.15, 0.2) is 29.4 Å². The van der Waals surface area contributed by atoms with Gasteiger partial charge in [-0.05, 0) is 18.6 Å². The first-order chi connectivity index (χ1) is 7.27. The fourth-order valence-corrected chi connectivity index (χ4v) is 1.56. The molecule has 1 aliphatic rings. The first-order valence-corrected chi connectivity index (χ1v) is 4.96. The molecule has 1 saturated heterocycles. The molecule has 4 nitrogen and oxygen atoms in total. The molecular formula is C11H13N3O. The number of carbonyl (C=O) groups is 1. The van der Waals surface area contributed by atoms with E-state index in [9.17, 15) is 4.79 Å². The van der Waals surface area contributed by atoms with Gasteiger partial charge in [-0.2, -0.15) is 0 Å². The van der Waals surface area contributed by atoms with Crippen molar-refractivity contribution >= 4 is 12.1 Å². The van der Waals surface area contributed by atoms with Gasteiger partial charge >= 0.3 is 0 Å². The van der Waals surface area contributed by atoms with Crippen molar-refractivity contribution in [1.82, 2.24) is 9.88 Å². The second-order valence-electron chi connectivity index (χ2n) is 3.60. The van der Waals surface area contributed by atoms with Crippen molar-refractivity contribution in [2.24, 2.45) is 4.99 Å². The number of aliphatic imine (C=N–C) groups is 1. The normalized spacial score (nSPS) is 21.5. The maximum absolute atomic E-state index is 11.5. The Labute approximate surface area is 88.7 Å². The van der Waals surface area contributed by atoms with Gasteiger partial charge in [-0.25, -0.2) is 0 Å². The molecule has 0 N–H and O–H groups in total. The number of likely N-dealkylation sites (N-methyl/N-ethyl adjacent to an activating group) is 1. The molecule has 1 amide bonds. The van der Waals surface area contributed by atoms with Crippen molar-refractivity contribution in [2.75, 3.05) is 13.6 Å². The summed E-state index contributed by atoms with van der Waals surface area (Å²) >= 11 is 0. The Balaban J connectivity index is 2.04. The van der Waals surface area contributed by atoms with Crippen LogP contribution in [-0.4, -0.2) is 41.6 Å². The summed E-state index contributed by atoms with van der Waals surface area (Å²) in [6.07, 6.45) is 4.18. The summed E-state index contributed by atoms with van der Waals surface area (Å²) in [5.41, 5.74) is 0.792. The molecule has 1 atom stereocenters. The lowest BCUT2D eigenvalue weighted by Gasteiger charge is -2.06. The van der Waals surface area contributed by atoms with Crippen molar-refractivity contribution in [1.29, 1.82) is 0 Å². The van der Waals surface area contributed by atoms with Crippen molar-refractivity contribution < 1.29 is 4.79 Å². The van der Waals surface area contributed by atoms with E-state index in [1.54, 1.807) is 24.4 Å². The maximum Gasteiger partial charge on any atom is 0.247 e. The highest BCUT2D eigenvalue weighted by molar-refractivity contribution is 5.87. The van der Waals surface area contributed by atoms with Gasteiger partial charge in [0.05, 0.1) is 5.69 Å². The molecule has 0 spiro atoms. The van der Waals surface area contributed by atoms with E-state index in [4.69, 9.17) is 0 Å². The Morgan fingerprint density at radius 3 is 3.07 bits per heavy atom. The third kappa shape index (κ3) is 2.21. The van der Waals surface area contributed by atoms with E-state index in [0.29, 0.717) is 0 Å². The Morgan fingerprint density at radius 1 is 1.60 bits per heavy atom. The van der Waals surface area contributed by atoms with Crippen molar-refractivity contribution in [3.8, 4) is 0 Å². The van der Waals surface area contributed by atoms with Crippen LogP contribution in [0, 0.1) is 0 Å². The van der Waals surface area contributed by atoms with Crippen LogP contribution in [0.25, 0.3) is 0 Å². The first-order valence-electron chi connectivity index (χ1n) is 4.96.